The Balaban J connectivity index is 1.27. The number of hydrogen-bond acceptors (Lipinski definition) is 2. The standard InChI is InChI=1S/C29H34N2/c1-29(2,3)24-14-16-25(17-15-24)30-20-26-27(21-30)28(26)31(18-22-10-6-4-7-11-22)19-23-12-8-5-9-13-23/h4-17,26-28H,18-21H2,1-3H3. The molecule has 2 unspecified atom stereocenters. The van der Waals surface area contributed by atoms with Crippen molar-refractivity contribution in [2.75, 3.05) is 18.0 Å². The average Bonchev–Trinajstić information content (AvgIpc) is 3.27. The van der Waals surface area contributed by atoms with Crippen molar-refractivity contribution in [2.45, 2.75) is 45.3 Å². The molecular weight excluding hydrogens is 376 g/mol. The summed E-state index contributed by atoms with van der Waals surface area (Å²) >= 11 is 0. The Morgan fingerprint density at radius 2 is 1.19 bits per heavy atom. The van der Waals surface area contributed by atoms with Gasteiger partial charge in [0.2, 0.25) is 0 Å². The van der Waals surface area contributed by atoms with Crippen molar-refractivity contribution < 1.29 is 0 Å². The summed E-state index contributed by atoms with van der Waals surface area (Å²) < 4.78 is 0. The second-order valence-corrected chi connectivity index (χ2v) is 10.4. The molecule has 2 heteroatoms. The van der Waals surface area contributed by atoms with Crippen molar-refractivity contribution in [2.24, 2.45) is 11.8 Å². The molecule has 0 radical (unpaired) electrons. The van der Waals surface area contributed by atoms with Crippen molar-refractivity contribution in [3.05, 3.63) is 102 Å². The van der Waals surface area contributed by atoms with E-state index in [0.29, 0.717) is 6.04 Å². The Bertz CT molecular complexity index is 935. The topological polar surface area (TPSA) is 6.48 Å². The van der Waals surface area contributed by atoms with Crippen LogP contribution in [0.2, 0.25) is 0 Å². The summed E-state index contributed by atoms with van der Waals surface area (Å²) in [6.45, 7) is 11.3. The third-order valence-electron chi connectivity index (χ3n) is 7.13. The molecule has 2 nitrogen and oxygen atoms in total. The SMILES string of the molecule is CC(C)(C)c1ccc(N2CC3C(C2)C3N(Cc2ccccc2)Cc2ccccc2)cc1. The lowest BCUT2D eigenvalue weighted by atomic mass is 9.87. The van der Waals surface area contributed by atoms with Gasteiger partial charge >= 0.3 is 0 Å². The molecule has 160 valence electrons. The number of benzene rings is 3. The Hall–Kier alpha value is -2.58. The van der Waals surface area contributed by atoms with Crippen LogP contribution in [0, 0.1) is 11.8 Å². The van der Waals surface area contributed by atoms with E-state index in [0.717, 1.165) is 24.9 Å². The highest BCUT2D eigenvalue weighted by Crippen LogP contribution is 2.50. The molecule has 3 aromatic rings. The smallest absolute Gasteiger partial charge is 0.0366 e. The molecule has 1 aliphatic carbocycles. The maximum absolute atomic E-state index is 2.72. The molecule has 1 aliphatic heterocycles. The van der Waals surface area contributed by atoms with Crippen molar-refractivity contribution in [1.82, 2.24) is 4.90 Å². The quantitative estimate of drug-likeness (QED) is 0.483. The number of piperidine rings is 1. The molecule has 1 saturated heterocycles. The Morgan fingerprint density at radius 3 is 1.65 bits per heavy atom. The van der Waals surface area contributed by atoms with Gasteiger partial charge in [0.25, 0.3) is 0 Å². The predicted octanol–water partition coefficient (Wildman–Crippen LogP) is 6.12. The highest BCUT2D eigenvalue weighted by atomic mass is 15.3. The number of rotatable bonds is 6. The van der Waals surface area contributed by atoms with Crippen LogP contribution in [0.3, 0.4) is 0 Å². The molecule has 0 N–H and O–H groups in total. The zero-order valence-corrected chi connectivity index (χ0v) is 19.0. The van der Waals surface area contributed by atoms with Gasteiger partial charge in [0, 0.05) is 37.9 Å². The van der Waals surface area contributed by atoms with Gasteiger partial charge in [0.15, 0.2) is 0 Å². The van der Waals surface area contributed by atoms with E-state index >= 15 is 0 Å². The molecule has 2 fully saturated rings. The molecule has 2 atom stereocenters. The summed E-state index contributed by atoms with van der Waals surface area (Å²) in [6.07, 6.45) is 0. The van der Waals surface area contributed by atoms with E-state index < -0.39 is 0 Å². The summed E-state index contributed by atoms with van der Waals surface area (Å²) in [5, 5.41) is 0. The number of hydrogen-bond donors (Lipinski definition) is 0. The van der Waals surface area contributed by atoms with Crippen LogP contribution in [0.4, 0.5) is 5.69 Å². The largest absolute Gasteiger partial charge is 0.371 e. The first kappa shape index (κ1) is 20.3. The third-order valence-corrected chi connectivity index (χ3v) is 7.13. The van der Waals surface area contributed by atoms with E-state index in [1.807, 2.05) is 0 Å². The van der Waals surface area contributed by atoms with Crippen LogP contribution in [0.1, 0.15) is 37.5 Å². The summed E-state index contributed by atoms with van der Waals surface area (Å²) in [6, 6.07) is 31.9. The van der Waals surface area contributed by atoms with Gasteiger partial charge in [-0.15, -0.1) is 0 Å². The Morgan fingerprint density at radius 1 is 0.710 bits per heavy atom. The summed E-state index contributed by atoms with van der Waals surface area (Å²) in [5.74, 6) is 1.57. The van der Waals surface area contributed by atoms with Crippen molar-refractivity contribution >= 4 is 5.69 Å². The van der Waals surface area contributed by atoms with E-state index in [4.69, 9.17) is 0 Å². The van der Waals surface area contributed by atoms with E-state index in [-0.39, 0.29) is 5.41 Å². The normalized spacial score (nSPS) is 22.6. The van der Waals surface area contributed by atoms with Crippen LogP contribution < -0.4 is 4.90 Å². The highest BCUT2D eigenvalue weighted by molar-refractivity contribution is 5.51. The fourth-order valence-corrected chi connectivity index (χ4v) is 5.32. The zero-order chi connectivity index (χ0) is 21.4. The highest BCUT2D eigenvalue weighted by Gasteiger charge is 2.58. The van der Waals surface area contributed by atoms with Crippen LogP contribution in [0.5, 0.6) is 0 Å². The Labute approximate surface area is 187 Å². The van der Waals surface area contributed by atoms with Gasteiger partial charge in [-0.1, -0.05) is 93.6 Å². The van der Waals surface area contributed by atoms with Crippen molar-refractivity contribution in [3.8, 4) is 0 Å². The summed E-state index contributed by atoms with van der Waals surface area (Å²) in [4.78, 5) is 5.32. The minimum absolute atomic E-state index is 0.214. The van der Waals surface area contributed by atoms with Crippen LogP contribution in [-0.2, 0) is 18.5 Å². The predicted molar refractivity (Wildman–Crippen MR) is 130 cm³/mol. The molecule has 0 spiro atoms. The minimum Gasteiger partial charge on any atom is -0.371 e. The van der Waals surface area contributed by atoms with Gasteiger partial charge in [0.05, 0.1) is 0 Å². The lowest BCUT2D eigenvalue weighted by molar-refractivity contribution is 0.222. The molecule has 0 amide bonds. The fraction of sp³-hybridized carbons (Fsp3) is 0.379. The number of fused-ring (bicyclic) bond motifs is 1. The molecule has 0 aromatic heterocycles. The number of anilines is 1. The Kier molecular flexibility index (Phi) is 5.35. The van der Waals surface area contributed by atoms with Gasteiger partial charge in [-0.25, -0.2) is 0 Å². The zero-order valence-electron chi connectivity index (χ0n) is 19.0. The molecule has 3 aromatic carbocycles. The maximum atomic E-state index is 2.72. The molecule has 2 aliphatic rings. The summed E-state index contributed by atoms with van der Waals surface area (Å²) in [7, 11) is 0. The van der Waals surface area contributed by atoms with E-state index in [1.54, 1.807) is 0 Å². The van der Waals surface area contributed by atoms with E-state index in [1.165, 1.54) is 35.5 Å². The van der Waals surface area contributed by atoms with Crippen molar-refractivity contribution in [1.29, 1.82) is 0 Å². The van der Waals surface area contributed by atoms with Gasteiger partial charge in [0.1, 0.15) is 0 Å². The molecule has 1 heterocycles. The van der Waals surface area contributed by atoms with Crippen molar-refractivity contribution in [3.63, 3.8) is 0 Å². The maximum Gasteiger partial charge on any atom is 0.0366 e. The van der Waals surface area contributed by atoms with E-state index in [2.05, 4.69) is 116 Å². The summed E-state index contributed by atoms with van der Waals surface area (Å²) in [5.41, 5.74) is 5.84. The van der Waals surface area contributed by atoms with Crippen LogP contribution in [-0.4, -0.2) is 24.0 Å². The second-order valence-electron chi connectivity index (χ2n) is 10.4. The monoisotopic (exact) mass is 410 g/mol. The van der Waals surface area contributed by atoms with Gasteiger partial charge in [-0.2, -0.15) is 0 Å². The van der Waals surface area contributed by atoms with Gasteiger partial charge in [-0.3, -0.25) is 4.90 Å². The average molecular weight is 411 g/mol. The molecule has 0 bridgehead atoms. The lowest BCUT2D eigenvalue weighted by Gasteiger charge is -2.29. The first-order valence-corrected chi connectivity index (χ1v) is 11.7. The first-order valence-electron chi connectivity index (χ1n) is 11.7. The van der Waals surface area contributed by atoms with Gasteiger partial charge in [-0.05, 0) is 46.1 Å². The third kappa shape index (κ3) is 4.41. The molecule has 5 rings (SSSR count). The minimum atomic E-state index is 0.214. The fourth-order valence-electron chi connectivity index (χ4n) is 5.32. The first-order chi connectivity index (χ1) is 15.0. The van der Waals surface area contributed by atoms with Crippen LogP contribution in [0.25, 0.3) is 0 Å². The van der Waals surface area contributed by atoms with Gasteiger partial charge < -0.3 is 4.90 Å². The van der Waals surface area contributed by atoms with E-state index in [9.17, 15) is 0 Å². The second kappa shape index (κ2) is 8.16. The number of nitrogens with zero attached hydrogens (tertiary/aromatic N) is 2. The van der Waals surface area contributed by atoms with Crippen LogP contribution in [0.15, 0.2) is 84.9 Å². The van der Waals surface area contributed by atoms with Crippen LogP contribution >= 0.6 is 0 Å². The molecular formula is C29H34N2. The molecule has 31 heavy (non-hydrogen) atoms. The molecule has 1 saturated carbocycles. The lowest BCUT2D eigenvalue weighted by Crippen LogP contribution is -2.34.